The van der Waals surface area contributed by atoms with Crippen LogP contribution < -0.4 is 9.80 Å². The van der Waals surface area contributed by atoms with E-state index in [2.05, 4.69) is 194 Å². The molecule has 6 aromatic rings. The molecular formula is C46H38N2O. The summed E-state index contributed by atoms with van der Waals surface area (Å²) in [5.74, 6) is 0.214. The predicted molar refractivity (Wildman–Crippen MR) is 203 cm³/mol. The Kier molecular flexibility index (Phi) is 7.29. The lowest BCUT2D eigenvalue weighted by atomic mass is 9.70. The minimum absolute atomic E-state index is 0.107. The van der Waals surface area contributed by atoms with Crippen molar-refractivity contribution in [3.05, 3.63) is 203 Å². The molecule has 0 saturated carbocycles. The summed E-state index contributed by atoms with van der Waals surface area (Å²) in [4.78, 5) is 4.87. The minimum atomic E-state index is -0.186. The van der Waals surface area contributed by atoms with Crippen molar-refractivity contribution in [1.82, 2.24) is 0 Å². The highest BCUT2D eigenvalue weighted by Crippen LogP contribution is 2.58. The lowest BCUT2D eigenvalue weighted by Gasteiger charge is -2.39. The number of rotatable bonds is 6. The van der Waals surface area contributed by atoms with Crippen LogP contribution in [-0.4, -0.2) is 12.2 Å². The molecule has 2 aliphatic carbocycles. The van der Waals surface area contributed by atoms with Crippen LogP contribution in [0.4, 0.5) is 22.7 Å². The van der Waals surface area contributed by atoms with Gasteiger partial charge in [-0.1, -0.05) is 121 Å². The molecule has 1 heterocycles. The summed E-state index contributed by atoms with van der Waals surface area (Å²) < 4.78 is 7.62. The van der Waals surface area contributed by atoms with E-state index in [0.717, 1.165) is 22.8 Å². The Morgan fingerprint density at radius 2 is 0.776 bits per heavy atom. The highest BCUT2D eigenvalue weighted by molar-refractivity contribution is 5.81. The molecule has 4 atom stereocenters. The van der Waals surface area contributed by atoms with Gasteiger partial charge in [-0.3, -0.25) is 0 Å². The first-order chi connectivity index (χ1) is 24.2. The first-order valence-corrected chi connectivity index (χ1v) is 17.3. The summed E-state index contributed by atoms with van der Waals surface area (Å²) in [6.45, 7) is 4.40. The number of hydrogen-bond donors (Lipinski definition) is 0. The normalized spacial score (nSPS) is 20.2. The van der Waals surface area contributed by atoms with E-state index in [1.807, 2.05) is 0 Å². The van der Waals surface area contributed by atoms with Gasteiger partial charge in [-0.2, -0.15) is 0 Å². The average molecular weight is 635 g/mol. The third kappa shape index (κ3) is 4.93. The Morgan fingerprint density at radius 3 is 1.20 bits per heavy atom. The van der Waals surface area contributed by atoms with E-state index < -0.39 is 0 Å². The summed E-state index contributed by atoms with van der Waals surface area (Å²) >= 11 is 0. The molecule has 0 spiro atoms. The molecule has 3 nitrogen and oxygen atoms in total. The number of benzene rings is 6. The van der Waals surface area contributed by atoms with E-state index in [1.165, 1.54) is 44.8 Å². The highest BCUT2D eigenvalue weighted by Gasteiger charge is 2.54. The quantitative estimate of drug-likeness (QED) is 0.181. The van der Waals surface area contributed by atoms with Gasteiger partial charge >= 0.3 is 0 Å². The zero-order valence-corrected chi connectivity index (χ0v) is 27.8. The third-order valence-corrected chi connectivity index (χ3v) is 10.5. The summed E-state index contributed by atoms with van der Waals surface area (Å²) in [6, 6.07) is 56.8. The maximum absolute atomic E-state index is 7.62. The number of hydrogen-bond acceptors (Lipinski definition) is 3. The maximum atomic E-state index is 7.62. The van der Waals surface area contributed by atoms with Crippen molar-refractivity contribution in [1.29, 1.82) is 0 Å². The Hall–Kier alpha value is -5.64. The minimum Gasteiger partial charge on any atom is -0.361 e. The highest BCUT2D eigenvalue weighted by atomic mass is 16.5. The van der Waals surface area contributed by atoms with Crippen LogP contribution >= 0.6 is 0 Å². The Balaban J connectivity index is 1.28. The van der Waals surface area contributed by atoms with Crippen molar-refractivity contribution >= 4 is 34.9 Å². The fraction of sp³-hybridized carbons (Fsp3) is 0.130. The van der Waals surface area contributed by atoms with Gasteiger partial charge in [-0.15, -0.1) is 0 Å². The van der Waals surface area contributed by atoms with Crippen LogP contribution in [0.5, 0.6) is 0 Å². The van der Waals surface area contributed by atoms with E-state index in [0.29, 0.717) is 0 Å². The van der Waals surface area contributed by atoms with E-state index in [-0.39, 0.29) is 24.0 Å². The molecule has 1 saturated heterocycles. The molecule has 0 aromatic heterocycles. The smallest absolute Gasteiger partial charge is 0.106 e. The zero-order valence-electron chi connectivity index (χ0n) is 27.8. The van der Waals surface area contributed by atoms with Gasteiger partial charge in [-0.25, -0.2) is 0 Å². The summed E-state index contributed by atoms with van der Waals surface area (Å²) in [5.41, 5.74) is 14.6. The second-order valence-corrected chi connectivity index (χ2v) is 13.3. The van der Waals surface area contributed by atoms with Crippen molar-refractivity contribution in [3.63, 3.8) is 0 Å². The van der Waals surface area contributed by atoms with Crippen LogP contribution in [0.2, 0.25) is 0 Å². The number of anilines is 4. The molecule has 0 radical (unpaired) electrons. The van der Waals surface area contributed by atoms with E-state index >= 15 is 0 Å². The largest absolute Gasteiger partial charge is 0.361 e. The van der Waals surface area contributed by atoms with Gasteiger partial charge in [0.1, 0.15) is 12.2 Å². The van der Waals surface area contributed by atoms with Crippen LogP contribution in [0.3, 0.4) is 0 Å². The summed E-state index contributed by atoms with van der Waals surface area (Å²) in [6.07, 6.45) is 4.38. The van der Waals surface area contributed by atoms with Crippen molar-refractivity contribution in [2.45, 2.75) is 37.9 Å². The predicted octanol–water partition coefficient (Wildman–Crippen LogP) is 11.3. The van der Waals surface area contributed by atoms with Gasteiger partial charge in [0.2, 0.25) is 0 Å². The van der Waals surface area contributed by atoms with Gasteiger partial charge in [0, 0.05) is 34.6 Å². The number of ether oxygens (including phenoxy) is 1. The molecule has 1 aliphatic heterocycles. The van der Waals surface area contributed by atoms with Crippen molar-refractivity contribution in [2.75, 3.05) is 9.80 Å². The lowest BCUT2D eigenvalue weighted by Crippen LogP contribution is -2.33. The first kappa shape index (κ1) is 29.5. The number of fused-ring (bicyclic) bond motifs is 7. The average Bonchev–Trinajstić information content (AvgIpc) is 3.56. The Bertz CT molecular complexity index is 2060. The van der Waals surface area contributed by atoms with Crippen LogP contribution in [-0.2, 0) is 4.74 Å². The summed E-state index contributed by atoms with van der Waals surface area (Å²) in [5, 5.41) is 0. The van der Waals surface area contributed by atoms with Crippen LogP contribution in [0, 0.1) is 13.8 Å². The SMILES string of the molecule is Cc1ccccc1N(C1=Cc2ccccc2C2C1OC1C(N(c3ccccc3)c3ccccc3C)=Cc3ccccc3C12)c1ccccc1. The molecular weight excluding hydrogens is 597 g/mol. The van der Waals surface area contributed by atoms with Crippen molar-refractivity contribution in [3.8, 4) is 0 Å². The van der Waals surface area contributed by atoms with E-state index in [9.17, 15) is 0 Å². The lowest BCUT2D eigenvalue weighted by molar-refractivity contribution is 0.0778. The second-order valence-electron chi connectivity index (χ2n) is 13.3. The van der Waals surface area contributed by atoms with E-state index in [4.69, 9.17) is 4.74 Å². The van der Waals surface area contributed by atoms with Crippen LogP contribution in [0.25, 0.3) is 12.2 Å². The Morgan fingerprint density at radius 1 is 0.408 bits per heavy atom. The molecule has 0 N–H and O–H groups in total. The van der Waals surface area contributed by atoms with Gasteiger partial charge in [0.25, 0.3) is 0 Å². The van der Waals surface area contributed by atoms with Gasteiger partial charge < -0.3 is 14.5 Å². The number of aryl methyl sites for hydroxylation is 2. The number of nitrogens with zero attached hydrogens (tertiary/aromatic N) is 2. The molecule has 0 bridgehead atoms. The molecule has 3 heteroatoms. The zero-order chi connectivity index (χ0) is 32.9. The molecule has 0 amide bonds. The van der Waals surface area contributed by atoms with Crippen molar-refractivity contribution < 1.29 is 4.74 Å². The second kappa shape index (κ2) is 12.1. The number of para-hydroxylation sites is 4. The topological polar surface area (TPSA) is 15.7 Å². The third-order valence-electron chi connectivity index (χ3n) is 10.5. The molecule has 49 heavy (non-hydrogen) atoms. The first-order valence-electron chi connectivity index (χ1n) is 17.3. The molecule has 3 aliphatic rings. The fourth-order valence-corrected chi connectivity index (χ4v) is 8.32. The molecule has 1 fully saturated rings. The molecule has 4 unspecified atom stereocenters. The Labute approximate surface area is 289 Å². The van der Waals surface area contributed by atoms with Gasteiger partial charge in [0.05, 0.1) is 11.4 Å². The van der Waals surface area contributed by atoms with Crippen molar-refractivity contribution in [2.24, 2.45) is 0 Å². The standard InChI is InChI=1S/C46H38N2O/c1-31-17-9-15-27-39(31)47(35-21-5-3-6-22-35)41-29-33-19-11-13-25-37(33)43-44-38-26-14-12-20-34(38)30-42(46(44)49-45(41)43)48(36-23-7-4-8-24-36)40-28-16-10-18-32(40)2/h3-30,43-46H,1-2H3. The summed E-state index contributed by atoms with van der Waals surface area (Å²) in [7, 11) is 0. The fourth-order valence-electron chi connectivity index (χ4n) is 8.32. The van der Waals surface area contributed by atoms with Crippen LogP contribution in [0.15, 0.2) is 169 Å². The molecule has 6 aromatic carbocycles. The van der Waals surface area contributed by atoms with Gasteiger partial charge in [-0.05, 0) is 95.8 Å². The monoisotopic (exact) mass is 634 g/mol. The van der Waals surface area contributed by atoms with Crippen LogP contribution in [0.1, 0.15) is 45.2 Å². The van der Waals surface area contributed by atoms with Gasteiger partial charge in [0.15, 0.2) is 0 Å². The molecule has 238 valence electrons. The maximum Gasteiger partial charge on any atom is 0.106 e. The van der Waals surface area contributed by atoms with E-state index in [1.54, 1.807) is 0 Å². The molecule has 9 rings (SSSR count).